The molecule has 4 saturated carbocycles. The number of carbonyl (C=O) groups is 1. The van der Waals surface area contributed by atoms with Gasteiger partial charge in [0, 0.05) is 31.6 Å². The second-order valence-electron chi connectivity index (χ2n) is 8.32. The predicted molar refractivity (Wildman–Crippen MR) is 97.9 cm³/mol. The summed E-state index contributed by atoms with van der Waals surface area (Å²) in [7, 11) is 0. The number of hydrogen-bond acceptors (Lipinski definition) is 4. The Morgan fingerprint density at radius 1 is 1.12 bits per heavy atom. The van der Waals surface area contributed by atoms with E-state index in [1.54, 1.807) is 18.5 Å². The Hall–Kier alpha value is -1.91. The predicted octanol–water partition coefficient (Wildman–Crippen LogP) is 3.17. The molecule has 4 aliphatic rings. The number of carbonyl (C=O) groups excluding carboxylic acids is 1. The number of anilines is 1. The fourth-order valence-corrected chi connectivity index (χ4v) is 5.74. The van der Waals surface area contributed by atoms with Crippen molar-refractivity contribution < 1.29 is 4.79 Å². The van der Waals surface area contributed by atoms with Crippen LogP contribution in [0, 0.1) is 23.2 Å². The third-order valence-corrected chi connectivity index (χ3v) is 6.50. The van der Waals surface area contributed by atoms with Crippen molar-refractivity contribution in [3.05, 3.63) is 30.1 Å². The lowest BCUT2D eigenvalue weighted by atomic mass is 9.48. The molecule has 1 aromatic rings. The van der Waals surface area contributed by atoms with Crippen molar-refractivity contribution in [2.24, 2.45) is 23.2 Å². The number of hydrogen-bond donors (Lipinski definition) is 2. The number of nitrogens with one attached hydrogen (secondary N) is 2. The highest BCUT2D eigenvalue weighted by molar-refractivity contribution is 5.88. The third kappa shape index (κ3) is 3.55. The quantitative estimate of drug-likeness (QED) is 0.616. The fraction of sp³-hybridized carbons (Fsp3) is 0.650. The highest BCUT2D eigenvalue weighted by Crippen LogP contribution is 2.62. The van der Waals surface area contributed by atoms with Gasteiger partial charge < -0.3 is 10.6 Å². The molecule has 0 saturated heterocycles. The summed E-state index contributed by atoms with van der Waals surface area (Å²) in [5.74, 6) is 3.36. The minimum absolute atomic E-state index is 0.0315. The molecule has 25 heavy (non-hydrogen) atoms. The van der Waals surface area contributed by atoms with E-state index in [0.717, 1.165) is 17.8 Å². The van der Waals surface area contributed by atoms with Gasteiger partial charge in [-0.05, 0) is 74.7 Å². The van der Waals surface area contributed by atoms with Crippen LogP contribution < -0.4 is 10.6 Å². The Labute approximate surface area is 149 Å². The van der Waals surface area contributed by atoms with Gasteiger partial charge in [-0.3, -0.25) is 4.79 Å². The summed E-state index contributed by atoms with van der Waals surface area (Å²) in [6.07, 6.45) is 13.5. The molecule has 134 valence electrons. The van der Waals surface area contributed by atoms with E-state index in [1.165, 1.54) is 44.1 Å². The Kier molecular flexibility index (Phi) is 4.48. The van der Waals surface area contributed by atoms with Crippen LogP contribution in [0.4, 0.5) is 5.95 Å². The van der Waals surface area contributed by atoms with Crippen LogP contribution in [0.15, 0.2) is 30.1 Å². The van der Waals surface area contributed by atoms with Gasteiger partial charge in [0.25, 0.3) is 0 Å². The Balaban J connectivity index is 1.29. The number of nitrogens with zero attached hydrogens (tertiary/aromatic N) is 2. The van der Waals surface area contributed by atoms with Crippen molar-refractivity contribution in [3.63, 3.8) is 0 Å². The molecule has 4 aliphatic carbocycles. The standard InChI is InChI=1S/C20H28N4O/c1-14(20-11-15-8-16(12-20)10-17(9-15)13-20)7-18(25)21-5-6-24-19-22-3-2-4-23-19/h2-4,7,15-17H,5-6,8-13H2,1H3,(H,21,25)(H,22,23,24)/b14-7-. The van der Waals surface area contributed by atoms with Crippen LogP contribution in [0.3, 0.4) is 0 Å². The first-order valence-corrected chi connectivity index (χ1v) is 9.60. The first-order valence-electron chi connectivity index (χ1n) is 9.60. The summed E-state index contributed by atoms with van der Waals surface area (Å²) < 4.78 is 0. The van der Waals surface area contributed by atoms with Gasteiger partial charge in [0.05, 0.1) is 0 Å². The number of rotatable bonds is 6. The highest BCUT2D eigenvalue weighted by atomic mass is 16.1. The molecular weight excluding hydrogens is 312 g/mol. The zero-order valence-electron chi connectivity index (χ0n) is 15.0. The van der Waals surface area contributed by atoms with Crippen LogP contribution in [-0.2, 0) is 4.79 Å². The van der Waals surface area contributed by atoms with Crippen molar-refractivity contribution in [2.75, 3.05) is 18.4 Å². The van der Waals surface area contributed by atoms with Crippen molar-refractivity contribution >= 4 is 11.9 Å². The maximum atomic E-state index is 12.3. The number of amides is 1. The van der Waals surface area contributed by atoms with Crippen LogP contribution in [0.25, 0.3) is 0 Å². The largest absolute Gasteiger partial charge is 0.352 e. The van der Waals surface area contributed by atoms with Gasteiger partial charge in [0.2, 0.25) is 11.9 Å². The maximum absolute atomic E-state index is 12.3. The molecule has 0 unspecified atom stereocenters. The zero-order valence-corrected chi connectivity index (χ0v) is 15.0. The molecule has 2 N–H and O–H groups in total. The van der Waals surface area contributed by atoms with E-state index >= 15 is 0 Å². The monoisotopic (exact) mass is 340 g/mol. The van der Waals surface area contributed by atoms with Crippen LogP contribution in [-0.4, -0.2) is 29.0 Å². The van der Waals surface area contributed by atoms with E-state index in [4.69, 9.17) is 0 Å². The smallest absolute Gasteiger partial charge is 0.244 e. The van der Waals surface area contributed by atoms with Gasteiger partial charge >= 0.3 is 0 Å². The van der Waals surface area contributed by atoms with Crippen molar-refractivity contribution in [1.29, 1.82) is 0 Å². The van der Waals surface area contributed by atoms with E-state index in [-0.39, 0.29) is 5.91 Å². The molecule has 0 atom stereocenters. The van der Waals surface area contributed by atoms with Gasteiger partial charge in [-0.1, -0.05) is 5.57 Å². The molecule has 5 nitrogen and oxygen atoms in total. The second-order valence-corrected chi connectivity index (χ2v) is 8.32. The lowest BCUT2D eigenvalue weighted by Gasteiger charge is -2.57. The minimum atomic E-state index is 0.0315. The molecule has 1 heterocycles. The van der Waals surface area contributed by atoms with Crippen LogP contribution in [0.2, 0.25) is 0 Å². The van der Waals surface area contributed by atoms with Crippen molar-refractivity contribution in [3.8, 4) is 0 Å². The minimum Gasteiger partial charge on any atom is -0.352 e. The van der Waals surface area contributed by atoms with E-state index < -0.39 is 0 Å². The SMILES string of the molecule is C/C(=C/C(=O)NCCNc1ncccn1)C12CC3CC(CC(C3)C1)C2. The number of allylic oxidation sites excluding steroid dienone is 1. The summed E-state index contributed by atoms with van der Waals surface area (Å²) in [5.41, 5.74) is 1.63. The Morgan fingerprint density at radius 2 is 1.72 bits per heavy atom. The summed E-state index contributed by atoms with van der Waals surface area (Å²) in [5, 5.41) is 6.09. The lowest BCUT2D eigenvalue weighted by Crippen LogP contribution is -2.46. The first-order chi connectivity index (χ1) is 12.1. The van der Waals surface area contributed by atoms with Gasteiger partial charge in [-0.25, -0.2) is 9.97 Å². The van der Waals surface area contributed by atoms with Gasteiger partial charge in [-0.2, -0.15) is 0 Å². The topological polar surface area (TPSA) is 66.9 Å². The molecule has 4 fully saturated rings. The molecule has 4 bridgehead atoms. The van der Waals surface area contributed by atoms with Gasteiger partial charge in [0.15, 0.2) is 0 Å². The zero-order chi connectivity index (χ0) is 17.3. The van der Waals surface area contributed by atoms with E-state index in [2.05, 4.69) is 27.5 Å². The molecule has 0 aromatic carbocycles. The molecule has 5 heteroatoms. The van der Waals surface area contributed by atoms with Gasteiger partial charge in [0.1, 0.15) is 0 Å². The molecule has 1 aromatic heterocycles. The maximum Gasteiger partial charge on any atom is 0.244 e. The molecule has 5 rings (SSSR count). The number of aromatic nitrogens is 2. The molecule has 1 amide bonds. The van der Waals surface area contributed by atoms with E-state index in [1.807, 2.05) is 6.08 Å². The van der Waals surface area contributed by atoms with Crippen LogP contribution in [0.1, 0.15) is 45.4 Å². The molecule has 0 radical (unpaired) electrons. The molecule has 0 aliphatic heterocycles. The van der Waals surface area contributed by atoms with E-state index in [0.29, 0.717) is 24.5 Å². The van der Waals surface area contributed by atoms with E-state index in [9.17, 15) is 4.79 Å². The van der Waals surface area contributed by atoms with Crippen LogP contribution >= 0.6 is 0 Å². The molecule has 0 spiro atoms. The summed E-state index contributed by atoms with van der Waals surface area (Å²) >= 11 is 0. The fourth-order valence-electron chi connectivity index (χ4n) is 5.74. The summed E-state index contributed by atoms with van der Waals surface area (Å²) in [4.78, 5) is 20.5. The van der Waals surface area contributed by atoms with Crippen LogP contribution in [0.5, 0.6) is 0 Å². The van der Waals surface area contributed by atoms with Crippen molar-refractivity contribution in [1.82, 2.24) is 15.3 Å². The van der Waals surface area contributed by atoms with Gasteiger partial charge in [-0.15, -0.1) is 0 Å². The average Bonchev–Trinajstić information content (AvgIpc) is 2.58. The third-order valence-electron chi connectivity index (χ3n) is 6.50. The summed E-state index contributed by atoms with van der Waals surface area (Å²) in [6, 6.07) is 1.78. The lowest BCUT2D eigenvalue weighted by molar-refractivity contribution is -0.116. The Bertz CT molecular complexity index is 620. The highest BCUT2D eigenvalue weighted by Gasteiger charge is 2.51. The summed E-state index contributed by atoms with van der Waals surface area (Å²) in [6.45, 7) is 3.38. The molecular formula is C20H28N4O. The second kappa shape index (κ2) is 6.77. The average molecular weight is 340 g/mol. The Morgan fingerprint density at radius 3 is 2.32 bits per heavy atom. The normalized spacial score (nSPS) is 33.3. The van der Waals surface area contributed by atoms with Crippen molar-refractivity contribution in [2.45, 2.75) is 45.4 Å². The first kappa shape index (κ1) is 16.6.